The molecule has 1 amide bonds. The molecule has 0 radical (unpaired) electrons. The third-order valence-electron chi connectivity index (χ3n) is 5.91. The lowest BCUT2D eigenvalue weighted by atomic mass is 10.1. The van der Waals surface area contributed by atoms with Crippen molar-refractivity contribution in [1.82, 2.24) is 30.1 Å². The number of methoxy groups -OCH3 is 2. The first-order valence-corrected chi connectivity index (χ1v) is 13.3. The molecule has 2 N–H and O–H groups in total. The Bertz CT molecular complexity index is 1350. The number of carbonyl (C=O) groups is 1. The summed E-state index contributed by atoms with van der Waals surface area (Å²) in [6.45, 7) is 4.71. The molecular weight excluding hydrogens is 553 g/mol. The van der Waals surface area contributed by atoms with Gasteiger partial charge in [0.05, 0.1) is 32.1 Å². The first-order chi connectivity index (χ1) is 21.0. The predicted octanol–water partition coefficient (Wildman–Crippen LogP) is 3.76. The summed E-state index contributed by atoms with van der Waals surface area (Å²) in [7, 11) is 5.08. The summed E-state index contributed by atoms with van der Waals surface area (Å²) in [4.78, 5) is 23.6. The third kappa shape index (κ3) is 10.8. The third-order valence-corrected chi connectivity index (χ3v) is 5.91. The van der Waals surface area contributed by atoms with E-state index in [2.05, 4.69) is 33.4 Å². The number of rotatable bonds is 9. The fourth-order valence-corrected chi connectivity index (χ4v) is 3.87. The van der Waals surface area contributed by atoms with Crippen molar-refractivity contribution in [3.05, 3.63) is 84.4 Å². The zero-order chi connectivity index (χ0) is 31.5. The maximum absolute atomic E-state index is 11.9. The zero-order valence-electron chi connectivity index (χ0n) is 24.8. The molecule has 0 spiro atoms. The molecule has 4 aromatic rings. The van der Waals surface area contributed by atoms with Crippen LogP contribution in [0.25, 0.3) is 16.9 Å². The number of halogens is 1. The highest BCUT2D eigenvalue weighted by Crippen LogP contribution is 2.29. The normalized spacial score (nSPS) is 13.6. The van der Waals surface area contributed by atoms with Gasteiger partial charge in [-0.15, -0.1) is 12.8 Å². The Morgan fingerprint density at radius 3 is 2.21 bits per heavy atom. The molecule has 0 unspecified atom stereocenters. The number of terminal acetylenes is 1. The number of nitrogens with one attached hydrogen (secondary N) is 2. The largest absolute Gasteiger partial charge is 0.467 e. The van der Waals surface area contributed by atoms with Crippen LogP contribution in [0, 0.1) is 25.6 Å². The number of anilines is 1. The summed E-state index contributed by atoms with van der Waals surface area (Å²) >= 11 is 0. The van der Waals surface area contributed by atoms with Gasteiger partial charge in [-0.05, 0) is 31.2 Å². The number of hydrogen-bond acceptors (Lipinski definition) is 9. The van der Waals surface area contributed by atoms with Gasteiger partial charge >= 0.3 is 6.01 Å². The minimum Gasteiger partial charge on any atom is -0.467 e. The molecule has 2 aromatic heterocycles. The Kier molecular flexibility index (Phi) is 15.4. The molecule has 1 atom stereocenters. The van der Waals surface area contributed by atoms with Gasteiger partial charge in [-0.2, -0.15) is 10.2 Å². The van der Waals surface area contributed by atoms with E-state index in [0.717, 1.165) is 41.4 Å². The minimum absolute atomic E-state index is 0.124. The molecule has 12 heteroatoms. The van der Waals surface area contributed by atoms with E-state index in [0.29, 0.717) is 25.6 Å². The van der Waals surface area contributed by atoms with Crippen LogP contribution in [0.1, 0.15) is 5.56 Å². The number of aromatic nitrogens is 4. The fraction of sp³-hybridized carbons (Fsp3) is 0.290. The summed E-state index contributed by atoms with van der Waals surface area (Å²) in [5, 5.41) is 12.4. The van der Waals surface area contributed by atoms with E-state index >= 15 is 0 Å². The lowest BCUT2D eigenvalue weighted by molar-refractivity contribution is -0.118. The van der Waals surface area contributed by atoms with Crippen molar-refractivity contribution in [3.8, 4) is 35.8 Å². The number of carbonyl (C=O) groups excluding carboxylic acids is 1. The summed E-state index contributed by atoms with van der Waals surface area (Å²) in [5.74, 6) is 0.763. The molecule has 1 aliphatic rings. The highest BCUT2D eigenvalue weighted by atomic mass is 19.1. The van der Waals surface area contributed by atoms with Gasteiger partial charge in [-0.3, -0.25) is 9.63 Å². The molecule has 5 rings (SSSR count). The highest BCUT2D eigenvalue weighted by Gasteiger charge is 2.22. The smallest absolute Gasteiger partial charge is 0.316 e. The van der Waals surface area contributed by atoms with Crippen molar-refractivity contribution in [2.75, 3.05) is 52.9 Å². The fourth-order valence-electron chi connectivity index (χ4n) is 3.87. The number of para-hydroxylation sites is 1. The number of hydrogen-bond donors (Lipinski definition) is 2. The van der Waals surface area contributed by atoms with E-state index in [9.17, 15) is 9.18 Å². The van der Waals surface area contributed by atoms with Crippen molar-refractivity contribution in [2.24, 2.45) is 0 Å². The number of benzene rings is 2. The summed E-state index contributed by atoms with van der Waals surface area (Å²) in [6, 6.07) is 18.4. The molecular formula is C31H38FN7O4. The molecule has 11 nitrogen and oxygen atoms in total. The maximum atomic E-state index is 11.9. The Labute approximate surface area is 252 Å². The second-order valence-electron chi connectivity index (χ2n) is 8.73. The van der Waals surface area contributed by atoms with Crippen LogP contribution >= 0.6 is 0 Å². The standard InChI is InChI=1S/C16H17N5O.C7H14N2O3.C6H5F.C2H2/c1-11-14(12-9-18-16(22-3)19-10-12)20-21(15(11)17-2)13-7-5-4-6-8-13;1-11-3-2-9-4-7(5-12-9)8-6-10;7-6-4-2-1-3-5-6;1-2/h4-10,17H,1-3H3;6-7H,2-5H2,1H3,(H,8,10);1-5H;1-2H/t;7-;;/m.1../s1. The summed E-state index contributed by atoms with van der Waals surface area (Å²) in [5.41, 5.74) is 3.73. The van der Waals surface area contributed by atoms with Crippen molar-refractivity contribution in [1.29, 1.82) is 0 Å². The quantitative estimate of drug-likeness (QED) is 0.222. The van der Waals surface area contributed by atoms with Crippen LogP contribution in [0.3, 0.4) is 0 Å². The average molecular weight is 592 g/mol. The molecule has 3 heterocycles. The van der Waals surface area contributed by atoms with E-state index < -0.39 is 0 Å². The number of hydroxylamine groups is 2. The average Bonchev–Trinajstić information content (AvgIpc) is 3.66. The number of ether oxygens (including phenoxy) is 2. The van der Waals surface area contributed by atoms with E-state index in [1.54, 1.807) is 49.9 Å². The van der Waals surface area contributed by atoms with E-state index in [4.69, 9.17) is 19.4 Å². The first kappa shape index (κ1) is 34.4. The molecule has 228 valence electrons. The Balaban J connectivity index is 0.000000256. The molecule has 1 aliphatic heterocycles. The monoisotopic (exact) mass is 591 g/mol. The van der Waals surface area contributed by atoms with Crippen LogP contribution in [0.5, 0.6) is 6.01 Å². The Hall–Kier alpha value is -4.83. The van der Waals surface area contributed by atoms with E-state index in [1.807, 2.05) is 49.0 Å². The molecule has 1 saturated heterocycles. The predicted molar refractivity (Wildman–Crippen MR) is 164 cm³/mol. The number of nitrogens with zero attached hydrogens (tertiary/aromatic N) is 5. The summed E-state index contributed by atoms with van der Waals surface area (Å²) < 4.78 is 23.7. The molecule has 43 heavy (non-hydrogen) atoms. The lowest BCUT2D eigenvalue weighted by Crippen LogP contribution is -2.33. The Morgan fingerprint density at radius 2 is 1.70 bits per heavy atom. The van der Waals surface area contributed by atoms with Crippen molar-refractivity contribution >= 4 is 12.2 Å². The van der Waals surface area contributed by atoms with Gasteiger partial charge in [0.15, 0.2) is 0 Å². The highest BCUT2D eigenvalue weighted by molar-refractivity contribution is 5.69. The van der Waals surface area contributed by atoms with Crippen LogP contribution in [-0.4, -0.2) is 84.8 Å². The second-order valence-corrected chi connectivity index (χ2v) is 8.73. The first-order valence-electron chi connectivity index (χ1n) is 13.3. The number of amides is 1. The molecule has 0 bridgehead atoms. The molecule has 2 aromatic carbocycles. The van der Waals surface area contributed by atoms with Crippen molar-refractivity contribution in [2.45, 2.75) is 13.0 Å². The van der Waals surface area contributed by atoms with E-state index in [-0.39, 0.29) is 11.9 Å². The van der Waals surface area contributed by atoms with Crippen LogP contribution < -0.4 is 15.4 Å². The SMILES string of the molecule is C#C.CNc1c(C)c(-c2cnc(OC)nc2)nn1-c1ccccc1.COCCN1C[C@@H](NC=O)CO1.Fc1ccccc1. The van der Waals surface area contributed by atoms with Gasteiger partial charge in [0.1, 0.15) is 17.3 Å². The van der Waals surface area contributed by atoms with Crippen molar-refractivity contribution < 1.29 is 23.5 Å². The van der Waals surface area contributed by atoms with Gasteiger partial charge in [-0.1, -0.05) is 36.4 Å². The maximum Gasteiger partial charge on any atom is 0.316 e. The van der Waals surface area contributed by atoms with Crippen LogP contribution in [0.2, 0.25) is 0 Å². The van der Waals surface area contributed by atoms with Gasteiger partial charge in [-0.25, -0.2) is 19.0 Å². The summed E-state index contributed by atoms with van der Waals surface area (Å²) in [6.07, 6.45) is 12.1. The molecule has 0 saturated carbocycles. The lowest BCUT2D eigenvalue weighted by Gasteiger charge is -2.12. The van der Waals surface area contributed by atoms with Gasteiger partial charge < -0.3 is 20.1 Å². The topological polar surface area (TPSA) is 116 Å². The van der Waals surface area contributed by atoms with Gasteiger partial charge in [0.25, 0.3) is 0 Å². The van der Waals surface area contributed by atoms with Crippen LogP contribution in [0.4, 0.5) is 10.2 Å². The zero-order valence-corrected chi connectivity index (χ0v) is 24.8. The minimum atomic E-state index is -0.178. The molecule has 1 fully saturated rings. The van der Waals surface area contributed by atoms with Crippen LogP contribution in [-0.2, 0) is 14.4 Å². The van der Waals surface area contributed by atoms with Crippen molar-refractivity contribution in [3.63, 3.8) is 0 Å². The van der Waals surface area contributed by atoms with Gasteiger partial charge in [0.2, 0.25) is 6.41 Å². The molecule has 0 aliphatic carbocycles. The van der Waals surface area contributed by atoms with Gasteiger partial charge in [0, 0.05) is 50.8 Å². The second kappa shape index (κ2) is 19.3. The van der Waals surface area contributed by atoms with E-state index in [1.165, 1.54) is 12.1 Å². The Morgan fingerprint density at radius 1 is 1.07 bits per heavy atom. The van der Waals surface area contributed by atoms with Crippen LogP contribution in [0.15, 0.2) is 73.1 Å².